The van der Waals surface area contributed by atoms with Crippen molar-refractivity contribution in [2.45, 2.75) is 25.3 Å². The highest BCUT2D eigenvalue weighted by molar-refractivity contribution is 6.31. The van der Waals surface area contributed by atoms with Gasteiger partial charge in [-0.1, -0.05) is 17.7 Å². The van der Waals surface area contributed by atoms with E-state index in [0.717, 1.165) is 0 Å². The number of rotatable bonds is 4. The van der Waals surface area contributed by atoms with Crippen molar-refractivity contribution in [3.05, 3.63) is 52.6 Å². The van der Waals surface area contributed by atoms with Gasteiger partial charge >= 0.3 is 5.97 Å². The molecule has 2 aromatic rings. The standard InChI is InChI=1S/C17H17ClFN3O3/c18-15-8-13(19)2-1-11(15)7-16(23)21-5-3-14(4-6-21)22-10-12(9-20-22)17(24)25/h1-2,8-10,14H,3-7H2,(H,24,25). The van der Waals surface area contributed by atoms with Crippen molar-refractivity contribution in [2.24, 2.45) is 0 Å². The van der Waals surface area contributed by atoms with Crippen LogP contribution in [0.5, 0.6) is 0 Å². The first-order chi connectivity index (χ1) is 11.9. The number of hydrogen-bond acceptors (Lipinski definition) is 3. The van der Waals surface area contributed by atoms with Gasteiger partial charge in [-0.2, -0.15) is 5.10 Å². The molecule has 1 aromatic heterocycles. The first-order valence-electron chi connectivity index (χ1n) is 7.93. The maximum absolute atomic E-state index is 13.1. The predicted octanol–water partition coefficient (Wildman–Crippen LogP) is 2.78. The summed E-state index contributed by atoms with van der Waals surface area (Å²) in [5.74, 6) is -1.49. The first kappa shape index (κ1) is 17.4. The summed E-state index contributed by atoms with van der Waals surface area (Å²) in [6.07, 6.45) is 4.38. The van der Waals surface area contributed by atoms with Crippen LogP contribution < -0.4 is 0 Å². The van der Waals surface area contributed by atoms with E-state index in [0.29, 0.717) is 31.5 Å². The van der Waals surface area contributed by atoms with Gasteiger partial charge < -0.3 is 10.0 Å². The van der Waals surface area contributed by atoms with Crippen LogP contribution in [0.3, 0.4) is 0 Å². The molecule has 1 saturated heterocycles. The van der Waals surface area contributed by atoms with Crippen LogP contribution >= 0.6 is 11.6 Å². The molecule has 0 bridgehead atoms. The van der Waals surface area contributed by atoms with Crippen molar-refractivity contribution in [2.75, 3.05) is 13.1 Å². The number of carboxylic acids is 1. The SMILES string of the molecule is O=C(O)c1cnn(C2CCN(C(=O)Cc3ccc(F)cc3Cl)CC2)c1. The van der Waals surface area contributed by atoms with Gasteiger partial charge in [0.15, 0.2) is 0 Å². The molecule has 0 unspecified atom stereocenters. The lowest BCUT2D eigenvalue weighted by Gasteiger charge is -2.32. The molecule has 132 valence electrons. The lowest BCUT2D eigenvalue weighted by atomic mass is 10.0. The Kier molecular flexibility index (Phi) is 5.03. The van der Waals surface area contributed by atoms with Crippen LogP contribution in [0.4, 0.5) is 4.39 Å². The number of aromatic carboxylic acids is 1. The maximum Gasteiger partial charge on any atom is 0.338 e. The Labute approximate surface area is 148 Å². The van der Waals surface area contributed by atoms with E-state index in [2.05, 4.69) is 5.10 Å². The molecule has 0 aliphatic carbocycles. The number of piperidine rings is 1. The smallest absolute Gasteiger partial charge is 0.338 e. The van der Waals surface area contributed by atoms with Crippen LogP contribution in [0.15, 0.2) is 30.6 Å². The zero-order valence-corrected chi connectivity index (χ0v) is 14.1. The van der Waals surface area contributed by atoms with E-state index in [1.807, 2.05) is 0 Å². The zero-order valence-electron chi connectivity index (χ0n) is 13.4. The van der Waals surface area contributed by atoms with E-state index in [1.165, 1.54) is 30.6 Å². The average molecular weight is 366 g/mol. The minimum atomic E-state index is -1.00. The summed E-state index contributed by atoms with van der Waals surface area (Å²) >= 11 is 5.97. The van der Waals surface area contributed by atoms with Crippen LogP contribution in [0.1, 0.15) is 34.8 Å². The zero-order chi connectivity index (χ0) is 18.0. The van der Waals surface area contributed by atoms with E-state index >= 15 is 0 Å². The van der Waals surface area contributed by atoms with Crippen molar-refractivity contribution in [3.8, 4) is 0 Å². The van der Waals surface area contributed by atoms with Crippen molar-refractivity contribution < 1.29 is 19.1 Å². The third kappa shape index (κ3) is 3.99. The molecule has 1 aliphatic rings. The minimum absolute atomic E-state index is 0.0568. The fourth-order valence-corrected chi connectivity index (χ4v) is 3.20. The Morgan fingerprint density at radius 3 is 2.64 bits per heavy atom. The largest absolute Gasteiger partial charge is 0.478 e. The number of carbonyl (C=O) groups is 2. The van der Waals surface area contributed by atoms with E-state index in [9.17, 15) is 14.0 Å². The predicted molar refractivity (Wildman–Crippen MR) is 89.2 cm³/mol. The molecule has 1 amide bonds. The maximum atomic E-state index is 13.1. The van der Waals surface area contributed by atoms with Gasteiger partial charge in [-0.3, -0.25) is 9.48 Å². The Hall–Kier alpha value is -2.41. The van der Waals surface area contributed by atoms with Gasteiger partial charge in [0, 0.05) is 24.3 Å². The molecule has 0 spiro atoms. The topological polar surface area (TPSA) is 75.4 Å². The van der Waals surface area contributed by atoms with Crippen LogP contribution in [0.25, 0.3) is 0 Å². The number of hydrogen-bond donors (Lipinski definition) is 1. The summed E-state index contributed by atoms with van der Waals surface area (Å²) in [6.45, 7) is 1.12. The van der Waals surface area contributed by atoms with E-state index in [1.54, 1.807) is 9.58 Å². The fraction of sp³-hybridized carbons (Fsp3) is 0.353. The number of halogens is 2. The van der Waals surface area contributed by atoms with Crippen LogP contribution in [-0.2, 0) is 11.2 Å². The molecule has 2 heterocycles. The molecule has 25 heavy (non-hydrogen) atoms. The van der Waals surface area contributed by atoms with Gasteiger partial charge in [-0.25, -0.2) is 9.18 Å². The second-order valence-electron chi connectivity index (χ2n) is 6.04. The highest BCUT2D eigenvalue weighted by atomic mass is 35.5. The van der Waals surface area contributed by atoms with Crippen molar-refractivity contribution in [3.63, 3.8) is 0 Å². The Morgan fingerprint density at radius 2 is 2.04 bits per heavy atom. The van der Waals surface area contributed by atoms with Crippen molar-refractivity contribution >= 4 is 23.5 Å². The van der Waals surface area contributed by atoms with Gasteiger partial charge in [0.1, 0.15) is 5.82 Å². The Bertz CT molecular complexity index is 800. The summed E-state index contributed by atoms with van der Waals surface area (Å²) in [4.78, 5) is 25.1. The number of carbonyl (C=O) groups excluding carboxylic acids is 1. The molecular weight excluding hydrogens is 349 g/mol. The molecule has 0 atom stereocenters. The monoisotopic (exact) mass is 365 g/mol. The minimum Gasteiger partial charge on any atom is -0.478 e. The number of likely N-dealkylation sites (tertiary alicyclic amines) is 1. The van der Waals surface area contributed by atoms with Gasteiger partial charge in [0.05, 0.1) is 24.2 Å². The third-order valence-electron chi connectivity index (χ3n) is 4.40. The van der Waals surface area contributed by atoms with Crippen molar-refractivity contribution in [1.82, 2.24) is 14.7 Å². The first-order valence-corrected chi connectivity index (χ1v) is 8.31. The highest BCUT2D eigenvalue weighted by Gasteiger charge is 2.25. The normalized spacial score (nSPS) is 15.4. The second kappa shape index (κ2) is 7.23. The average Bonchev–Trinajstić information content (AvgIpc) is 3.08. The summed E-state index contributed by atoms with van der Waals surface area (Å²) in [6, 6.07) is 4.10. The molecule has 3 rings (SSSR count). The number of nitrogens with zero attached hydrogens (tertiary/aromatic N) is 3. The van der Waals surface area contributed by atoms with Gasteiger partial charge in [-0.05, 0) is 30.5 Å². The molecule has 1 aromatic carbocycles. The fourth-order valence-electron chi connectivity index (χ4n) is 2.97. The van der Waals surface area contributed by atoms with Crippen LogP contribution in [-0.4, -0.2) is 44.8 Å². The van der Waals surface area contributed by atoms with Gasteiger partial charge in [0.25, 0.3) is 0 Å². The molecule has 0 radical (unpaired) electrons. The molecular formula is C17H17ClFN3O3. The quantitative estimate of drug-likeness (QED) is 0.904. The lowest BCUT2D eigenvalue weighted by Crippen LogP contribution is -2.40. The summed E-state index contributed by atoms with van der Waals surface area (Å²) < 4.78 is 14.7. The molecule has 8 heteroatoms. The van der Waals surface area contributed by atoms with Gasteiger partial charge in [-0.15, -0.1) is 0 Å². The summed E-state index contributed by atoms with van der Waals surface area (Å²) in [5, 5.41) is 13.3. The number of carboxylic acid groups (broad SMARTS) is 1. The third-order valence-corrected chi connectivity index (χ3v) is 4.75. The summed E-state index contributed by atoms with van der Waals surface area (Å²) in [5.41, 5.74) is 0.762. The van der Waals surface area contributed by atoms with Crippen LogP contribution in [0.2, 0.25) is 5.02 Å². The number of amides is 1. The van der Waals surface area contributed by atoms with Crippen LogP contribution in [0, 0.1) is 5.82 Å². The lowest BCUT2D eigenvalue weighted by molar-refractivity contribution is -0.131. The van der Waals surface area contributed by atoms with Crippen molar-refractivity contribution in [1.29, 1.82) is 0 Å². The van der Waals surface area contributed by atoms with E-state index in [-0.39, 0.29) is 29.0 Å². The van der Waals surface area contributed by atoms with Gasteiger partial charge in [0.2, 0.25) is 5.91 Å². The second-order valence-corrected chi connectivity index (χ2v) is 6.45. The number of benzene rings is 1. The van der Waals surface area contributed by atoms with E-state index in [4.69, 9.17) is 16.7 Å². The molecule has 1 fully saturated rings. The molecule has 1 N–H and O–H groups in total. The molecule has 0 saturated carbocycles. The summed E-state index contributed by atoms with van der Waals surface area (Å²) in [7, 11) is 0. The van der Waals surface area contributed by atoms with E-state index < -0.39 is 11.8 Å². The number of aromatic nitrogens is 2. The Balaban J connectivity index is 1.57. The Morgan fingerprint density at radius 1 is 1.32 bits per heavy atom. The molecule has 6 nitrogen and oxygen atoms in total. The highest BCUT2D eigenvalue weighted by Crippen LogP contribution is 2.24. The molecule has 1 aliphatic heterocycles.